The molecule has 0 radical (unpaired) electrons. The van der Waals surface area contributed by atoms with Gasteiger partial charge in [0.15, 0.2) is 0 Å². The molecule has 1 saturated heterocycles. The Morgan fingerprint density at radius 1 is 1.48 bits per heavy atom. The Morgan fingerprint density at radius 2 is 2.17 bits per heavy atom. The van der Waals surface area contributed by atoms with E-state index in [1.165, 1.54) is 4.88 Å². The van der Waals surface area contributed by atoms with Crippen LogP contribution in [0.25, 0.3) is 0 Å². The topological polar surface area (TPSA) is 54.5 Å². The minimum atomic E-state index is -0.444. The number of aryl methyl sites for hydroxylation is 2. The summed E-state index contributed by atoms with van der Waals surface area (Å²) in [5, 5.41) is 4.64. The van der Waals surface area contributed by atoms with Crippen molar-refractivity contribution in [3.8, 4) is 0 Å². The normalized spacial score (nSPS) is 19.9. The smallest absolute Gasteiger partial charge is 0.410 e. The second-order valence-electron chi connectivity index (χ2n) is 7.27. The van der Waals surface area contributed by atoms with Gasteiger partial charge in [0.2, 0.25) is 0 Å². The van der Waals surface area contributed by atoms with Gasteiger partial charge in [0.25, 0.3) is 0 Å². The van der Waals surface area contributed by atoms with Crippen LogP contribution < -0.4 is 5.32 Å². The molecule has 1 aliphatic rings. The van der Waals surface area contributed by atoms with Crippen LogP contribution in [0.2, 0.25) is 0 Å². The van der Waals surface area contributed by atoms with Crippen LogP contribution in [-0.2, 0) is 4.74 Å². The summed E-state index contributed by atoms with van der Waals surface area (Å²) in [7, 11) is 0. The molecule has 5 nitrogen and oxygen atoms in total. The number of ether oxygens (including phenoxy) is 1. The lowest BCUT2D eigenvalue weighted by Gasteiger charge is -2.29. The zero-order chi connectivity index (χ0) is 17.2. The molecule has 2 heterocycles. The molecule has 23 heavy (non-hydrogen) atoms. The lowest BCUT2D eigenvalue weighted by molar-refractivity contribution is 0.0225. The minimum absolute atomic E-state index is 0.195. The number of hydrogen-bond acceptors (Lipinski definition) is 5. The third-order valence-corrected chi connectivity index (χ3v) is 4.92. The molecule has 1 fully saturated rings. The van der Waals surface area contributed by atoms with Crippen LogP contribution in [0.5, 0.6) is 0 Å². The largest absolute Gasteiger partial charge is 0.444 e. The first kappa shape index (κ1) is 18.2. The first-order valence-corrected chi connectivity index (χ1v) is 9.16. The summed E-state index contributed by atoms with van der Waals surface area (Å²) in [6, 6.07) is 0.397. The first-order chi connectivity index (χ1) is 10.7. The van der Waals surface area contributed by atoms with Crippen molar-refractivity contribution in [2.24, 2.45) is 0 Å². The molecule has 1 aromatic heterocycles. The summed E-state index contributed by atoms with van der Waals surface area (Å²) in [6.07, 6.45) is 1.86. The van der Waals surface area contributed by atoms with Crippen LogP contribution in [-0.4, -0.2) is 40.7 Å². The fraction of sp³-hybridized carbons (Fsp3) is 0.765. The number of aromatic nitrogens is 1. The van der Waals surface area contributed by atoms with E-state index in [1.54, 1.807) is 11.3 Å². The van der Waals surface area contributed by atoms with Crippen molar-refractivity contribution in [1.82, 2.24) is 15.2 Å². The zero-order valence-electron chi connectivity index (χ0n) is 15.1. The number of carbonyl (C=O) groups is 1. The van der Waals surface area contributed by atoms with E-state index in [0.29, 0.717) is 0 Å². The lowest BCUT2D eigenvalue weighted by atomic mass is 10.1. The monoisotopic (exact) mass is 339 g/mol. The van der Waals surface area contributed by atoms with Crippen molar-refractivity contribution >= 4 is 17.4 Å². The molecule has 0 spiro atoms. The van der Waals surface area contributed by atoms with Crippen LogP contribution in [0.1, 0.15) is 62.2 Å². The summed E-state index contributed by atoms with van der Waals surface area (Å²) >= 11 is 1.73. The summed E-state index contributed by atoms with van der Waals surface area (Å²) in [6.45, 7) is 13.6. The van der Waals surface area contributed by atoms with Crippen molar-refractivity contribution in [2.75, 3.05) is 13.1 Å². The number of amides is 1. The Balaban J connectivity index is 1.91. The minimum Gasteiger partial charge on any atom is -0.444 e. The molecular weight excluding hydrogens is 310 g/mol. The summed E-state index contributed by atoms with van der Waals surface area (Å²) in [4.78, 5) is 20.0. The Labute approximate surface area is 143 Å². The molecule has 2 atom stereocenters. The van der Waals surface area contributed by atoms with E-state index in [1.807, 2.05) is 32.6 Å². The number of likely N-dealkylation sites (tertiary alicyclic amines) is 1. The van der Waals surface area contributed by atoms with Crippen LogP contribution in [0.4, 0.5) is 4.79 Å². The fourth-order valence-corrected chi connectivity index (χ4v) is 3.88. The second-order valence-corrected chi connectivity index (χ2v) is 8.68. The Bertz CT molecular complexity index is 551. The molecule has 1 N–H and O–H groups in total. The van der Waals surface area contributed by atoms with Gasteiger partial charge in [-0.3, -0.25) is 0 Å². The number of nitrogens with one attached hydrogen (secondary N) is 1. The Kier molecular flexibility index (Phi) is 5.68. The number of hydrogen-bond donors (Lipinski definition) is 1. The molecular formula is C17H29N3O2S. The van der Waals surface area contributed by atoms with E-state index in [2.05, 4.69) is 24.1 Å². The molecule has 0 aromatic carbocycles. The van der Waals surface area contributed by atoms with Crippen molar-refractivity contribution in [2.45, 2.75) is 72.1 Å². The Hall–Kier alpha value is -1.14. The van der Waals surface area contributed by atoms with E-state index in [4.69, 9.17) is 4.74 Å². The maximum atomic E-state index is 12.3. The number of nitrogens with zero attached hydrogens (tertiary/aromatic N) is 2. The highest BCUT2D eigenvalue weighted by Gasteiger charge is 2.32. The van der Waals surface area contributed by atoms with Crippen LogP contribution in [0.15, 0.2) is 0 Å². The summed E-state index contributed by atoms with van der Waals surface area (Å²) in [5.41, 5.74) is 0.675. The van der Waals surface area contributed by atoms with Gasteiger partial charge in [-0.05, 0) is 54.4 Å². The van der Waals surface area contributed by atoms with Crippen LogP contribution >= 0.6 is 11.3 Å². The first-order valence-electron chi connectivity index (χ1n) is 8.34. The Morgan fingerprint density at radius 3 is 2.74 bits per heavy atom. The quantitative estimate of drug-likeness (QED) is 0.906. The highest BCUT2D eigenvalue weighted by molar-refractivity contribution is 7.11. The van der Waals surface area contributed by atoms with Crippen molar-refractivity contribution in [3.05, 3.63) is 15.6 Å². The van der Waals surface area contributed by atoms with Gasteiger partial charge in [0.05, 0.1) is 10.7 Å². The molecule has 1 aromatic rings. The number of carbonyl (C=O) groups excluding carboxylic acids is 1. The van der Waals surface area contributed by atoms with E-state index >= 15 is 0 Å². The van der Waals surface area contributed by atoms with Crippen molar-refractivity contribution in [3.63, 3.8) is 0 Å². The van der Waals surface area contributed by atoms with E-state index < -0.39 is 5.60 Å². The summed E-state index contributed by atoms with van der Waals surface area (Å²) < 4.78 is 5.51. The van der Waals surface area contributed by atoms with Crippen molar-refractivity contribution in [1.29, 1.82) is 0 Å². The highest BCUT2D eigenvalue weighted by Crippen LogP contribution is 2.24. The molecule has 0 bridgehead atoms. The zero-order valence-corrected chi connectivity index (χ0v) is 15.9. The molecule has 2 rings (SSSR count). The highest BCUT2D eigenvalue weighted by atomic mass is 32.1. The van der Waals surface area contributed by atoms with E-state index in [0.717, 1.165) is 36.6 Å². The summed E-state index contributed by atoms with van der Waals surface area (Å²) in [5.74, 6) is 0. The maximum Gasteiger partial charge on any atom is 0.410 e. The van der Waals surface area contributed by atoms with Gasteiger partial charge in [-0.25, -0.2) is 9.78 Å². The number of thiazole rings is 1. The predicted molar refractivity (Wildman–Crippen MR) is 94.0 cm³/mol. The maximum absolute atomic E-state index is 12.3. The fourth-order valence-electron chi connectivity index (χ4n) is 2.97. The second kappa shape index (κ2) is 7.18. The standard InChI is InChI=1S/C17H29N3O2S/c1-11(15-12(2)23-13(3)19-15)18-10-14-8-7-9-20(14)16(21)22-17(4,5)6/h11,14,18H,7-10H2,1-6H3. The lowest BCUT2D eigenvalue weighted by Crippen LogP contribution is -2.44. The third-order valence-electron chi connectivity index (χ3n) is 4.01. The number of rotatable bonds is 4. The van der Waals surface area contributed by atoms with Gasteiger partial charge in [0, 0.05) is 30.1 Å². The van der Waals surface area contributed by atoms with E-state index in [9.17, 15) is 4.79 Å². The average Bonchev–Trinajstić information content (AvgIpc) is 3.00. The van der Waals surface area contributed by atoms with Gasteiger partial charge < -0.3 is 15.0 Å². The van der Waals surface area contributed by atoms with Gasteiger partial charge in [-0.2, -0.15) is 0 Å². The molecule has 0 aliphatic carbocycles. The van der Waals surface area contributed by atoms with Crippen LogP contribution in [0, 0.1) is 13.8 Å². The molecule has 1 amide bonds. The molecule has 6 heteroatoms. The van der Waals surface area contributed by atoms with E-state index in [-0.39, 0.29) is 18.2 Å². The van der Waals surface area contributed by atoms with Gasteiger partial charge >= 0.3 is 6.09 Å². The molecule has 1 aliphatic heterocycles. The van der Waals surface area contributed by atoms with Crippen molar-refractivity contribution < 1.29 is 9.53 Å². The van der Waals surface area contributed by atoms with Gasteiger partial charge in [-0.1, -0.05) is 0 Å². The van der Waals surface area contributed by atoms with Gasteiger partial charge in [-0.15, -0.1) is 11.3 Å². The molecule has 0 saturated carbocycles. The molecule has 2 unspecified atom stereocenters. The predicted octanol–water partition coefficient (Wildman–Crippen LogP) is 3.81. The van der Waals surface area contributed by atoms with Crippen LogP contribution in [0.3, 0.4) is 0 Å². The SMILES string of the molecule is Cc1nc(C(C)NCC2CCCN2C(=O)OC(C)(C)C)c(C)s1. The average molecular weight is 340 g/mol. The third kappa shape index (κ3) is 4.91. The van der Waals surface area contributed by atoms with Gasteiger partial charge in [0.1, 0.15) is 5.60 Å². The molecule has 130 valence electrons.